The molecule has 0 heterocycles. The fourth-order valence-corrected chi connectivity index (χ4v) is 5.24. The summed E-state index contributed by atoms with van der Waals surface area (Å²) in [5.41, 5.74) is 1.15. The van der Waals surface area contributed by atoms with E-state index in [0.717, 1.165) is 19.3 Å². The molecule has 0 spiro atoms. The van der Waals surface area contributed by atoms with Crippen molar-refractivity contribution in [3.63, 3.8) is 0 Å². The number of hydrogen-bond donors (Lipinski definition) is 1. The summed E-state index contributed by atoms with van der Waals surface area (Å²) in [5, 5.41) is 0.283. The number of rotatable bonds is 3. The Bertz CT molecular complexity index is 285. The van der Waals surface area contributed by atoms with Gasteiger partial charge in [0.2, 0.25) is 0 Å². The molecule has 5 heteroatoms. The van der Waals surface area contributed by atoms with Crippen LogP contribution in [0.15, 0.2) is 12.2 Å². The minimum Gasteiger partial charge on any atom is -0.337 e. The molecule has 0 radical (unpaired) electrons. The predicted molar refractivity (Wildman–Crippen MR) is 84.1 cm³/mol. The van der Waals surface area contributed by atoms with Crippen molar-refractivity contribution in [3.05, 3.63) is 12.2 Å². The van der Waals surface area contributed by atoms with E-state index in [1.54, 1.807) is 0 Å². The molecule has 1 saturated carbocycles. The third-order valence-electron chi connectivity index (χ3n) is 3.21. The molecule has 1 aliphatic carbocycles. The number of hydrogen-bond acceptors (Lipinski definition) is 3. The van der Waals surface area contributed by atoms with Crippen molar-refractivity contribution >= 4 is 51.0 Å². The molecular weight excluding hydrogens is 358 g/mol. The Kier molecular flexibility index (Phi) is 5.65. The first-order valence-corrected chi connectivity index (χ1v) is 11.2. The SMILES string of the molecule is C=C(C)[C@@H]1CC[C@](C)(O[PH](=S)I)[C@@H](S)C1. The average molecular weight is 376 g/mol. The predicted octanol–water partition coefficient (Wildman–Crippen LogP) is 4.38. The van der Waals surface area contributed by atoms with Crippen LogP contribution in [-0.2, 0) is 16.3 Å². The summed E-state index contributed by atoms with van der Waals surface area (Å²) in [6.45, 7) is 8.29. The summed E-state index contributed by atoms with van der Waals surface area (Å²) in [6, 6.07) is 0. The zero-order chi connectivity index (χ0) is 11.6. The lowest BCUT2D eigenvalue weighted by Crippen LogP contribution is -2.42. The lowest BCUT2D eigenvalue weighted by Gasteiger charge is -2.42. The Morgan fingerprint density at radius 1 is 1.73 bits per heavy atom. The minimum atomic E-state index is -1.08. The van der Waals surface area contributed by atoms with Crippen LogP contribution in [0.2, 0.25) is 0 Å². The van der Waals surface area contributed by atoms with Crippen molar-refractivity contribution in [3.8, 4) is 0 Å². The molecule has 0 aliphatic heterocycles. The lowest BCUT2D eigenvalue weighted by molar-refractivity contribution is 0.0645. The molecule has 1 unspecified atom stereocenters. The molecule has 0 N–H and O–H groups in total. The maximum Gasteiger partial charge on any atom is 0.112 e. The van der Waals surface area contributed by atoms with Gasteiger partial charge in [-0.15, -0.1) is 0 Å². The third kappa shape index (κ3) is 3.98. The van der Waals surface area contributed by atoms with Crippen LogP contribution in [0.5, 0.6) is 0 Å². The van der Waals surface area contributed by atoms with Gasteiger partial charge in [-0.25, -0.2) is 0 Å². The van der Waals surface area contributed by atoms with Crippen LogP contribution in [0.1, 0.15) is 33.1 Å². The standard InChI is InChI=1S/C10H18IOPS2/c1-7(2)8-4-5-10(3,9(14)6-8)12-13(11)15/h8-9,13-14H,1,4-6H2,2-3H3/t8-,9+,10+/m1/s1. The number of allylic oxidation sites excluding steroid dienone is 1. The molecular formula is C10H18IOPS2. The smallest absolute Gasteiger partial charge is 0.112 e. The largest absolute Gasteiger partial charge is 0.337 e. The van der Waals surface area contributed by atoms with Gasteiger partial charge in [-0.05, 0) is 61.1 Å². The second-order valence-corrected chi connectivity index (χ2v) is 12.0. The average Bonchev–Trinajstić information content (AvgIpc) is 2.08. The van der Waals surface area contributed by atoms with Crippen molar-refractivity contribution in [1.29, 1.82) is 0 Å². The van der Waals surface area contributed by atoms with Gasteiger partial charge in [0, 0.05) is 5.25 Å². The molecule has 0 bridgehead atoms. The van der Waals surface area contributed by atoms with E-state index in [4.69, 9.17) is 16.3 Å². The Labute approximate surface area is 117 Å². The summed E-state index contributed by atoms with van der Waals surface area (Å²) in [6.07, 6.45) is 3.27. The number of thiol groups is 1. The molecule has 1 nitrogen and oxygen atoms in total. The number of halogens is 1. The highest BCUT2D eigenvalue weighted by molar-refractivity contribution is 14.2. The Morgan fingerprint density at radius 2 is 2.33 bits per heavy atom. The van der Waals surface area contributed by atoms with Crippen LogP contribution in [0, 0.1) is 5.92 Å². The molecule has 1 fully saturated rings. The molecule has 4 atom stereocenters. The Morgan fingerprint density at radius 3 is 2.73 bits per heavy atom. The molecule has 1 rings (SSSR count). The molecule has 0 aromatic heterocycles. The van der Waals surface area contributed by atoms with Crippen LogP contribution in [-0.4, -0.2) is 10.9 Å². The van der Waals surface area contributed by atoms with Crippen molar-refractivity contribution in [2.24, 2.45) is 5.92 Å². The summed E-state index contributed by atoms with van der Waals surface area (Å²) in [4.78, 5) is 0. The highest BCUT2D eigenvalue weighted by Gasteiger charge is 2.39. The lowest BCUT2D eigenvalue weighted by atomic mass is 9.77. The van der Waals surface area contributed by atoms with Gasteiger partial charge in [-0.1, -0.05) is 24.0 Å². The third-order valence-corrected chi connectivity index (χ3v) is 5.51. The zero-order valence-corrected chi connectivity index (χ0v) is 14.0. The molecule has 0 saturated heterocycles. The van der Waals surface area contributed by atoms with E-state index in [2.05, 4.69) is 55.1 Å². The first-order chi connectivity index (χ1) is 6.85. The first-order valence-electron chi connectivity index (χ1n) is 5.07. The fourth-order valence-electron chi connectivity index (χ4n) is 2.01. The van der Waals surface area contributed by atoms with Gasteiger partial charge < -0.3 is 4.52 Å². The van der Waals surface area contributed by atoms with Gasteiger partial charge in [0.05, 0.1) is 5.60 Å². The van der Waals surface area contributed by atoms with Gasteiger partial charge in [0.1, 0.15) is 4.57 Å². The highest BCUT2D eigenvalue weighted by Crippen LogP contribution is 2.47. The first kappa shape index (κ1) is 14.5. The van der Waals surface area contributed by atoms with E-state index in [-0.39, 0.29) is 10.9 Å². The minimum absolute atomic E-state index is 0.119. The summed E-state index contributed by atoms with van der Waals surface area (Å²) in [5.74, 6) is 0.610. The topological polar surface area (TPSA) is 9.23 Å². The van der Waals surface area contributed by atoms with Crippen molar-refractivity contribution in [2.75, 3.05) is 0 Å². The van der Waals surface area contributed by atoms with Crippen LogP contribution in [0.3, 0.4) is 0 Å². The van der Waals surface area contributed by atoms with Crippen molar-refractivity contribution in [2.45, 2.75) is 44.0 Å². The Hall–Kier alpha value is 1.43. The van der Waals surface area contributed by atoms with Crippen molar-refractivity contribution in [1.82, 2.24) is 0 Å². The van der Waals surface area contributed by atoms with Crippen LogP contribution >= 0.6 is 39.2 Å². The second kappa shape index (κ2) is 5.85. The maximum atomic E-state index is 5.92. The second-order valence-electron chi connectivity index (χ2n) is 4.49. The van der Waals surface area contributed by atoms with Gasteiger partial charge in [-0.3, -0.25) is 0 Å². The van der Waals surface area contributed by atoms with Gasteiger partial charge >= 0.3 is 0 Å². The summed E-state index contributed by atoms with van der Waals surface area (Å²) in [7, 11) is 0. The van der Waals surface area contributed by atoms with Crippen molar-refractivity contribution < 1.29 is 4.52 Å². The fraction of sp³-hybridized carbons (Fsp3) is 0.800. The van der Waals surface area contributed by atoms with Crippen LogP contribution in [0.25, 0.3) is 0 Å². The normalized spacial score (nSPS) is 38.7. The molecule has 15 heavy (non-hydrogen) atoms. The Balaban J connectivity index is 2.66. The van der Waals surface area contributed by atoms with Gasteiger partial charge in [-0.2, -0.15) is 12.6 Å². The van der Waals surface area contributed by atoms with Gasteiger partial charge in [0.25, 0.3) is 0 Å². The maximum absolute atomic E-state index is 5.92. The van der Waals surface area contributed by atoms with E-state index < -0.39 is 4.57 Å². The van der Waals surface area contributed by atoms with E-state index >= 15 is 0 Å². The molecule has 0 aromatic rings. The zero-order valence-electron chi connectivity index (χ0n) is 9.12. The quantitative estimate of drug-likeness (QED) is 0.339. The molecule has 88 valence electrons. The molecule has 0 aromatic carbocycles. The molecule has 1 aliphatic rings. The van der Waals surface area contributed by atoms with E-state index in [1.165, 1.54) is 5.57 Å². The summed E-state index contributed by atoms with van der Waals surface area (Å²) < 4.78 is 4.84. The van der Waals surface area contributed by atoms with Crippen LogP contribution in [0.4, 0.5) is 0 Å². The van der Waals surface area contributed by atoms with E-state index in [9.17, 15) is 0 Å². The highest BCUT2D eigenvalue weighted by atomic mass is 127. The summed E-state index contributed by atoms with van der Waals surface area (Å²) >= 11 is 12.1. The monoisotopic (exact) mass is 376 g/mol. The van der Waals surface area contributed by atoms with E-state index in [1.807, 2.05) is 0 Å². The van der Waals surface area contributed by atoms with Gasteiger partial charge in [0.15, 0.2) is 0 Å². The molecule has 0 amide bonds. The van der Waals surface area contributed by atoms with E-state index in [0.29, 0.717) is 5.92 Å². The van der Waals surface area contributed by atoms with Crippen LogP contribution < -0.4 is 0 Å².